The average molecular weight is 381 g/mol. The maximum Gasteiger partial charge on any atom is 0.269 e. The fraction of sp³-hybridized carbons (Fsp3) is 0.214. The van der Waals surface area contributed by atoms with Gasteiger partial charge in [0.2, 0.25) is 0 Å². The number of aryl methyl sites for hydroxylation is 1. The van der Waals surface area contributed by atoms with E-state index in [-0.39, 0.29) is 17.0 Å². The van der Waals surface area contributed by atoms with E-state index in [0.29, 0.717) is 16.4 Å². The van der Waals surface area contributed by atoms with Gasteiger partial charge in [-0.25, -0.2) is 0 Å². The number of fused-ring (bicyclic) bond motifs is 1. The molecule has 3 aromatic rings. The van der Waals surface area contributed by atoms with Crippen molar-refractivity contribution < 1.29 is 4.79 Å². The first-order chi connectivity index (χ1) is 11.6. The molecule has 2 N–H and O–H groups in total. The Balaban J connectivity index is 1.68. The minimum atomic E-state index is -0.375. The molecule has 7 nitrogen and oxygen atoms in total. The van der Waals surface area contributed by atoms with E-state index in [4.69, 9.17) is 23.8 Å². The van der Waals surface area contributed by atoms with Crippen LogP contribution < -0.4 is 10.6 Å². The normalized spacial score (nSPS) is 10.8. The van der Waals surface area contributed by atoms with Crippen molar-refractivity contribution in [1.29, 1.82) is 0 Å². The van der Waals surface area contributed by atoms with Gasteiger partial charge in [0.25, 0.3) is 11.9 Å². The summed E-state index contributed by atoms with van der Waals surface area (Å²) in [7, 11) is 0. The number of benzene rings is 1. The van der Waals surface area contributed by atoms with Crippen LogP contribution in [0, 0.1) is 0 Å². The van der Waals surface area contributed by atoms with Crippen molar-refractivity contribution in [1.82, 2.24) is 25.5 Å². The van der Waals surface area contributed by atoms with E-state index in [1.54, 1.807) is 0 Å². The van der Waals surface area contributed by atoms with E-state index in [2.05, 4.69) is 26.0 Å². The van der Waals surface area contributed by atoms with E-state index in [9.17, 15) is 4.79 Å². The lowest BCUT2D eigenvalue weighted by Gasteiger charge is -2.05. The molecule has 24 heavy (non-hydrogen) atoms. The van der Waals surface area contributed by atoms with Gasteiger partial charge in [-0.3, -0.25) is 15.4 Å². The molecule has 0 radical (unpaired) electrons. The van der Waals surface area contributed by atoms with Crippen LogP contribution in [-0.2, 0) is 6.54 Å². The Labute approximate surface area is 152 Å². The number of amides is 1. The van der Waals surface area contributed by atoms with E-state index in [1.807, 2.05) is 31.2 Å². The van der Waals surface area contributed by atoms with Gasteiger partial charge in [-0.15, -0.1) is 16.4 Å². The predicted octanol–water partition coefficient (Wildman–Crippen LogP) is 3.08. The molecular weight excluding hydrogens is 368 g/mol. The molecule has 0 fully saturated rings. The summed E-state index contributed by atoms with van der Waals surface area (Å²) in [5.41, 5.74) is 0. The fourth-order valence-corrected chi connectivity index (χ4v) is 3.64. The molecular formula is C14H13ClN6OS2. The van der Waals surface area contributed by atoms with Crippen molar-refractivity contribution in [2.45, 2.75) is 19.9 Å². The molecule has 2 aromatic heterocycles. The lowest BCUT2D eigenvalue weighted by molar-refractivity contribution is 0.0982. The zero-order chi connectivity index (χ0) is 17.1. The van der Waals surface area contributed by atoms with E-state index >= 15 is 0 Å². The number of tetrazole rings is 1. The van der Waals surface area contributed by atoms with Gasteiger partial charge < -0.3 is 0 Å². The number of carbonyl (C=O) groups excluding carboxylic acids is 1. The van der Waals surface area contributed by atoms with Crippen LogP contribution in [0.1, 0.15) is 23.0 Å². The summed E-state index contributed by atoms with van der Waals surface area (Å²) < 4.78 is 0.940. The number of hydrogen-bond acceptors (Lipinski definition) is 6. The maximum absolute atomic E-state index is 12.4. The fourth-order valence-electron chi connectivity index (χ4n) is 2.04. The van der Waals surface area contributed by atoms with E-state index in [0.717, 1.165) is 16.5 Å². The third kappa shape index (κ3) is 3.53. The summed E-state index contributed by atoms with van der Waals surface area (Å²) in [4.78, 5) is 14.2. The zero-order valence-electron chi connectivity index (χ0n) is 12.6. The van der Waals surface area contributed by atoms with Gasteiger partial charge in [0.05, 0.1) is 11.6 Å². The second-order valence-corrected chi connectivity index (χ2v) is 6.70. The summed E-state index contributed by atoms with van der Waals surface area (Å²) in [5.74, 6) is -0.143. The Morgan fingerprint density at radius 2 is 2.21 bits per heavy atom. The summed E-state index contributed by atoms with van der Waals surface area (Å²) in [6.45, 7) is 2.67. The van der Waals surface area contributed by atoms with Gasteiger partial charge >= 0.3 is 0 Å². The van der Waals surface area contributed by atoms with Crippen LogP contribution >= 0.6 is 35.2 Å². The molecule has 1 aromatic carbocycles. The molecule has 124 valence electrons. The number of aromatic nitrogens is 4. The molecule has 0 atom stereocenters. The largest absolute Gasteiger partial charge is 0.298 e. The van der Waals surface area contributed by atoms with Crippen LogP contribution in [0.5, 0.6) is 0 Å². The lowest BCUT2D eigenvalue weighted by atomic mass is 10.2. The summed E-state index contributed by atoms with van der Waals surface area (Å²) in [5, 5.41) is 18.4. The predicted molar refractivity (Wildman–Crippen MR) is 98.6 cm³/mol. The van der Waals surface area contributed by atoms with Gasteiger partial charge in [0.1, 0.15) is 4.88 Å². The van der Waals surface area contributed by atoms with Crippen LogP contribution in [0.3, 0.4) is 0 Å². The molecule has 0 spiro atoms. The highest BCUT2D eigenvalue weighted by atomic mass is 35.5. The second-order valence-electron chi connectivity index (χ2n) is 4.86. The topological polar surface area (TPSA) is 84.7 Å². The summed E-state index contributed by atoms with van der Waals surface area (Å²) in [6.07, 6.45) is 0.890. The minimum Gasteiger partial charge on any atom is -0.298 e. The van der Waals surface area contributed by atoms with Crippen LogP contribution in [0.15, 0.2) is 24.3 Å². The third-order valence-corrected chi connectivity index (χ3v) is 4.95. The molecule has 2 heterocycles. The Morgan fingerprint density at radius 1 is 1.42 bits per heavy atom. The lowest BCUT2D eigenvalue weighted by Crippen LogP contribution is -2.34. The molecule has 10 heteroatoms. The van der Waals surface area contributed by atoms with Crippen molar-refractivity contribution in [3.8, 4) is 0 Å². The molecule has 0 aliphatic heterocycles. The van der Waals surface area contributed by atoms with Crippen molar-refractivity contribution in [3.05, 3.63) is 34.2 Å². The van der Waals surface area contributed by atoms with Crippen LogP contribution in [0.4, 0.5) is 5.95 Å². The SMILES string of the molecule is CCCn1nnc(NC(=S)NC(=O)c2sc3ccccc3c2Cl)n1. The number of nitrogens with zero attached hydrogens (tertiary/aromatic N) is 4. The average Bonchev–Trinajstić information content (AvgIpc) is 3.13. The number of hydrogen-bond donors (Lipinski definition) is 2. The van der Waals surface area contributed by atoms with Crippen molar-refractivity contribution >= 4 is 62.2 Å². The zero-order valence-corrected chi connectivity index (χ0v) is 15.0. The first kappa shape index (κ1) is 16.7. The number of anilines is 1. The Bertz CT molecular complexity index is 906. The quantitative estimate of drug-likeness (QED) is 0.676. The number of nitrogens with one attached hydrogen (secondary N) is 2. The highest BCUT2D eigenvalue weighted by Crippen LogP contribution is 2.34. The number of carbonyl (C=O) groups is 1. The van der Waals surface area contributed by atoms with Gasteiger partial charge in [-0.1, -0.05) is 41.8 Å². The highest BCUT2D eigenvalue weighted by molar-refractivity contribution is 7.80. The van der Waals surface area contributed by atoms with E-state index < -0.39 is 0 Å². The molecule has 1 amide bonds. The number of halogens is 1. The minimum absolute atomic E-state index is 0.0876. The summed E-state index contributed by atoms with van der Waals surface area (Å²) in [6, 6.07) is 7.56. The molecule has 3 rings (SSSR count). The molecule has 0 saturated heterocycles. The highest BCUT2D eigenvalue weighted by Gasteiger charge is 2.18. The van der Waals surface area contributed by atoms with Gasteiger partial charge in [-0.05, 0) is 29.9 Å². The van der Waals surface area contributed by atoms with Crippen LogP contribution in [0.25, 0.3) is 10.1 Å². The maximum atomic E-state index is 12.4. The molecule has 0 aliphatic rings. The number of thiophene rings is 1. The molecule has 0 saturated carbocycles. The molecule has 0 aliphatic carbocycles. The molecule has 0 bridgehead atoms. The number of thiocarbonyl (C=S) groups is 1. The monoisotopic (exact) mass is 380 g/mol. The van der Waals surface area contributed by atoms with Crippen molar-refractivity contribution in [2.75, 3.05) is 5.32 Å². The first-order valence-electron chi connectivity index (χ1n) is 7.15. The van der Waals surface area contributed by atoms with Crippen molar-refractivity contribution in [2.24, 2.45) is 0 Å². The van der Waals surface area contributed by atoms with Crippen molar-refractivity contribution in [3.63, 3.8) is 0 Å². The Kier molecular flexibility index (Phi) is 5.03. The Hall–Kier alpha value is -2.10. The first-order valence-corrected chi connectivity index (χ1v) is 8.76. The second kappa shape index (κ2) is 7.20. The standard InChI is InChI=1S/C14H13ClN6OS2/c1-2-7-21-19-13(18-20-21)17-14(23)16-12(22)11-10(15)8-5-3-4-6-9(8)24-11/h3-6H,2,7H2,1H3,(H2,16,17,19,22,23). The van der Waals surface area contributed by atoms with E-state index in [1.165, 1.54) is 16.1 Å². The third-order valence-electron chi connectivity index (χ3n) is 3.07. The van der Waals surface area contributed by atoms with Gasteiger partial charge in [0, 0.05) is 10.1 Å². The molecule has 0 unspecified atom stereocenters. The van der Waals surface area contributed by atoms with Crippen LogP contribution in [-0.4, -0.2) is 31.2 Å². The van der Waals surface area contributed by atoms with Crippen LogP contribution in [0.2, 0.25) is 5.02 Å². The smallest absolute Gasteiger partial charge is 0.269 e. The Morgan fingerprint density at radius 3 is 2.96 bits per heavy atom. The van der Waals surface area contributed by atoms with Gasteiger partial charge in [-0.2, -0.15) is 4.80 Å². The summed E-state index contributed by atoms with van der Waals surface area (Å²) >= 11 is 12.7. The van der Waals surface area contributed by atoms with Gasteiger partial charge in [0.15, 0.2) is 5.11 Å². The number of rotatable bonds is 4.